The highest BCUT2D eigenvalue weighted by molar-refractivity contribution is 7.10. The van der Waals surface area contributed by atoms with E-state index in [0.29, 0.717) is 6.61 Å². The molecule has 6 heteroatoms. The third-order valence-corrected chi connectivity index (χ3v) is 3.66. The number of rotatable bonds is 2. The lowest BCUT2D eigenvalue weighted by Gasteiger charge is -2.21. The first-order valence-electron chi connectivity index (χ1n) is 5.60. The highest BCUT2D eigenvalue weighted by Crippen LogP contribution is 2.25. The van der Waals surface area contributed by atoms with E-state index in [1.54, 1.807) is 17.5 Å². The second-order valence-electron chi connectivity index (χ2n) is 3.89. The van der Waals surface area contributed by atoms with E-state index in [4.69, 9.17) is 4.74 Å². The van der Waals surface area contributed by atoms with Gasteiger partial charge < -0.3 is 10.1 Å². The van der Waals surface area contributed by atoms with Crippen LogP contribution >= 0.6 is 23.7 Å². The number of thiazole rings is 1. The summed E-state index contributed by atoms with van der Waals surface area (Å²) in [6.45, 7) is 2.39. The minimum absolute atomic E-state index is 0. The highest BCUT2D eigenvalue weighted by Gasteiger charge is 2.18. The number of hydrogen-bond acceptors (Lipinski definition) is 5. The Kier molecular flexibility index (Phi) is 4.66. The fraction of sp³-hybridized carbons (Fsp3) is 0.333. The lowest BCUT2D eigenvalue weighted by Crippen LogP contribution is -2.34. The third kappa shape index (κ3) is 2.87. The normalized spacial score (nSPS) is 19.2. The molecule has 1 aliphatic heterocycles. The molecule has 96 valence electrons. The van der Waals surface area contributed by atoms with Gasteiger partial charge in [-0.2, -0.15) is 0 Å². The van der Waals surface area contributed by atoms with Crippen molar-refractivity contribution in [1.82, 2.24) is 15.3 Å². The van der Waals surface area contributed by atoms with Gasteiger partial charge in [0.05, 0.1) is 24.9 Å². The molecule has 2 aromatic rings. The fourth-order valence-electron chi connectivity index (χ4n) is 1.82. The van der Waals surface area contributed by atoms with Crippen LogP contribution in [0, 0.1) is 0 Å². The van der Waals surface area contributed by atoms with Crippen molar-refractivity contribution in [3.63, 3.8) is 0 Å². The molecule has 3 heterocycles. The average molecular weight is 284 g/mol. The Morgan fingerprint density at radius 1 is 1.44 bits per heavy atom. The van der Waals surface area contributed by atoms with Crippen LogP contribution < -0.4 is 5.32 Å². The van der Waals surface area contributed by atoms with Gasteiger partial charge in [-0.1, -0.05) is 0 Å². The number of morpholine rings is 1. The Morgan fingerprint density at radius 2 is 2.39 bits per heavy atom. The molecule has 0 saturated carbocycles. The van der Waals surface area contributed by atoms with Crippen LogP contribution in [0.15, 0.2) is 29.9 Å². The number of aromatic nitrogens is 2. The number of nitrogens with zero attached hydrogens (tertiary/aromatic N) is 2. The molecule has 0 aromatic carbocycles. The number of ether oxygens (including phenoxy) is 1. The zero-order valence-electron chi connectivity index (χ0n) is 9.70. The molecule has 0 spiro atoms. The SMILES string of the molecule is Cl.c1cncc(-c2csc(C3COCCN3)n2)c1. The average Bonchev–Trinajstić information content (AvgIpc) is 2.90. The topological polar surface area (TPSA) is 47.0 Å². The molecule has 1 atom stereocenters. The minimum atomic E-state index is 0. The molecule has 0 radical (unpaired) electrons. The lowest BCUT2D eigenvalue weighted by molar-refractivity contribution is 0.0768. The second kappa shape index (κ2) is 6.24. The molecule has 1 aliphatic rings. The second-order valence-corrected chi connectivity index (χ2v) is 4.78. The summed E-state index contributed by atoms with van der Waals surface area (Å²) in [5.41, 5.74) is 2.05. The van der Waals surface area contributed by atoms with Crippen molar-refractivity contribution in [2.45, 2.75) is 6.04 Å². The van der Waals surface area contributed by atoms with E-state index in [9.17, 15) is 0 Å². The molecule has 1 fully saturated rings. The maximum Gasteiger partial charge on any atom is 0.113 e. The van der Waals surface area contributed by atoms with Gasteiger partial charge >= 0.3 is 0 Å². The summed E-state index contributed by atoms with van der Waals surface area (Å²) in [4.78, 5) is 8.75. The van der Waals surface area contributed by atoms with E-state index in [2.05, 4.69) is 20.7 Å². The summed E-state index contributed by atoms with van der Waals surface area (Å²) >= 11 is 1.67. The summed E-state index contributed by atoms with van der Waals surface area (Å²) < 4.78 is 5.44. The van der Waals surface area contributed by atoms with Crippen molar-refractivity contribution in [3.8, 4) is 11.3 Å². The largest absolute Gasteiger partial charge is 0.378 e. The molecule has 1 N–H and O–H groups in total. The van der Waals surface area contributed by atoms with Crippen molar-refractivity contribution < 1.29 is 4.74 Å². The molecule has 18 heavy (non-hydrogen) atoms. The Labute approximate surface area is 116 Å². The smallest absolute Gasteiger partial charge is 0.113 e. The van der Waals surface area contributed by atoms with Gasteiger partial charge in [-0.05, 0) is 12.1 Å². The van der Waals surface area contributed by atoms with Crippen LogP contribution in [0.5, 0.6) is 0 Å². The third-order valence-electron chi connectivity index (χ3n) is 2.70. The van der Waals surface area contributed by atoms with E-state index in [1.807, 2.05) is 18.3 Å². The first-order valence-corrected chi connectivity index (χ1v) is 6.48. The van der Waals surface area contributed by atoms with E-state index >= 15 is 0 Å². The zero-order valence-corrected chi connectivity index (χ0v) is 11.3. The molecule has 0 aliphatic carbocycles. The van der Waals surface area contributed by atoms with Gasteiger partial charge in [0, 0.05) is 29.9 Å². The van der Waals surface area contributed by atoms with Crippen LogP contribution in [0.3, 0.4) is 0 Å². The molecule has 1 saturated heterocycles. The quantitative estimate of drug-likeness (QED) is 0.919. The van der Waals surface area contributed by atoms with Crippen LogP contribution in [0.1, 0.15) is 11.0 Å². The first-order chi connectivity index (χ1) is 8.43. The van der Waals surface area contributed by atoms with Crippen LogP contribution in [-0.4, -0.2) is 29.7 Å². The van der Waals surface area contributed by atoms with Gasteiger partial charge in [-0.3, -0.25) is 4.98 Å². The predicted octanol–water partition coefficient (Wildman–Crippen LogP) is 2.29. The number of nitrogens with one attached hydrogen (secondary N) is 1. The number of pyridine rings is 1. The van der Waals surface area contributed by atoms with E-state index in [-0.39, 0.29) is 18.4 Å². The minimum Gasteiger partial charge on any atom is -0.378 e. The summed E-state index contributed by atoms with van der Waals surface area (Å²) in [6, 6.07) is 4.19. The molecular formula is C12H14ClN3OS. The molecule has 4 nitrogen and oxygen atoms in total. The summed E-state index contributed by atoms with van der Waals surface area (Å²) in [5.74, 6) is 0. The molecule has 1 unspecified atom stereocenters. The molecule has 2 aromatic heterocycles. The van der Waals surface area contributed by atoms with Crippen LogP contribution in [-0.2, 0) is 4.74 Å². The monoisotopic (exact) mass is 283 g/mol. The van der Waals surface area contributed by atoms with Crippen molar-refractivity contribution in [1.29, 1.82) is 0 Å². The van der Waals surface area contributed by atoms with Crippen LogP contribution in [0.4, 0.5) is 0 Å². The van der Waals surface area contributed by atoms with Gasteiger partial charge in [0.2, 0.25) is 0 Å². The maximum absolute atomic E-state index is 5.44. The van der Waals surface area contributed by atoms with Gasteiger partial charge in [0.25, 0.3) is 0 Å². The van der Waals surface area contributed by atoms with Crippen molar-refractivity contribution in [2.24, 2.45) is 0 Å². The Morgan fingerprint density at radius 3 is 3.11 bits per heavy atom. The highest BCUT2D eigenvalue weighted by atomic mass is 35.5. The Balaban J connectivity index is 0.00000120. The zero-order chi connectivity index (χ0) is 11.5. The lowest BCUT2D eigenvalue weighted by atomic mass is 10.2. The van der Waals surface area contributed by atoms with Gasteiger partial charge in [-0.15, -0.1) is 23.7 Å². The standard InChI is InChI=1S/C12H13N3OS.ClH/c1-2-9(6-13-3-1)11-8-17-12(15-11)10-7-16-5-4-14-10;/h1-3,6,8,10,14H,4-5,7H2;1H. The van der Waals surface area contributed by atoms with E-state index in [1.165, 1.54) is 0 Å². The summed E-state index contributed by atoms with van der Waals surface area (Å²) in [5, 5.41) is 6.57. The molecular weight excluding hydrogens is 270 g/mol. The van der Waals surface area contributed by atoms with Crippen molar-refractivity contribution in [3.05, 3.63) is 34.9 Å². The fourth-order valence-corrected chi connectivity index (χ4v) is 2.71. The molecule has 0 amide bonds. The summed E-state index contributed by atoms with van der Waals surface area (Å²) in [7, 11) is 0. The number of halogens is 1. The Bertz CT molecular complexity index is 485. The predicted molar refractivity (Wildman–Crippen MR) is 74.2 cm³/mol. The summed E-state index contributed by atoms with van der Waals surface area (Å²) in [6.07, 6.45) is 3.61. The van der Waals surface area contributed by atoms with Crippen LogP contribution in [0.2, 0.25) is 0 Å². The number of hydrogen-bond donors (Lipinski definition) is 1. The van der Waals surface area contributed by atoms with Crippen molar-refractivity contribution in [2.75, 3.05) is 19.8 Å². The first kappa shape index (κ1) is 13.4. The van der Waals surface area contributed by atoms with E-state index < -0.39 is 0 Å². The van der Waals surface area contributed by atoms with Crippen LogP contribution in [0.25, 0.3) is 11.3 Å². The van der Waals surface area contributed by atoms with Gasteiger partial charge in [0.15, 0.2) is 0 Å². The maximum atomic E-state index is 5.44. The molecule has 0 bridgehead atoms. The van der Waals surface area contributed by atoms with Crippen molar-refractivity contribution >= 4 is 23.7 Å². The molecule has 3 rings (SSSR count). The Hall–Kier alpha value is -1.01. The van der Waals surface area contributed by atoms with E-state index in [0.717, 1.165) is 29.4 Å². The van der Waals surface area contributed by atoms with Gasteiger partial charge in [-0.25, -0.2) is 4.98 Å². The van der Waals surface area contributed by atoms with Gasteiger partial charge in [0.1, 0.15) is 5.01 Å².